The Morgan fingerprint density at radius 1 is 1.28 bits per heavy atom. The molecule has 0 bridgehead atoms. The summed E-state index contributed by atoms with van der Waals surface area (Å²) in [7, 11) is 1.64. The average molecular weight is 254 g/mol. The highest BCUT2D eigenvalue weighted by Crippen LogP contribution is 2.12. The van der Waals surface area contributed by atoms with Crippen molar-refractivity contribution >= 4 is 0 Å². The molecule has 1 aromatic heterocycles. The van der Waals surface area contributed by atoms with Crippen molar-refractivity contribution in [2.24, 2.45) is 0 Å². The number of ether oxygens (including phenoxy) is 2. The van der Waals surface area contributed by atoms with Gasteiger partial charge in [-0.05, 0) is 12.8 Å². The molecule has 1 rings (SSSR count). The summed E-state index contributed by atoms with van der Waals surface area (Å²) >= 11 is 0. The Kier molecular flexibility index (Phi) is 6.01. The van der Waals surface area contributed by atoms with Crippen molar-refractivity contribution in [2.75, 3.05) is 26.9 Å². The smallest absolute Gasteiger partial charge is 0.254 e. The summed E-state index contributed by atoms with van der Waals surface area (Å²) in [6, 6.07) is 0. The number of nitrogens with one attached hydrogen (secondary N) is 1. The van der Waals surface area contributed by atoms with Gasteiger partial charge in [-0.2, -0.15) is 0 Å². The number of hydrogen-bond acceptors (Lipinski definition) is 4. The van der Waals surface area contributed by atoms with Crippen LogP contribution < -0.4 is 5.56 Å². The zero-order valence-electron chi connectivity index (χ0n) is 11.6. The van der Waals surface area contributed by atoms with Gasteiger partial charge in [0, 0.05) is 24.8 Å². The molecule has 0 aliphatic rings. The third kappa shape index (κ3) is 4.23. The molecule has 0 atom stereocenters. The minimum Gasteiger partial charge on any atom is -0.382 e. The van der Waals surface area contributed by atoms with Gasteiger partial charge in [0.05, 0.1) is 19.8 Å². The van der Waals surface area contributed by atoms with Gasteiger partial charge in [0.2, 0.25) is 0 Å². The third-order valence-electron chi connectivity index (χ3n) is 2.69. The lowest BCUT2D eigenvalue weighted by Gasteiger charge is -2.09. The van der Waals surface area contributed by atoms with E-state index in [1.165, 1.54) is 0 Å². The molecule has 1 heterocycles. The molecule has 1 aromatic rings. The van der Waals surface area contributed by atoms with Crippen molar-refractivity contribution < 1.29 is 9.47 Å². The second-order valence-corrected chi connectivity index (χ2v) is 4.52. The van der Waals surface area contributed by atoms with E-state index in [0.29, 0.717) is 32.1 Å². The lowest BCUT2D eigenvalue weighted by atomic mass is 10.0. The monoisotopic (exact) mass is 254 g/mol. The summed E-state index contributed by atoms with van der Waals surface area (Å²) < 4.78 is 10.2. The molecule has 0 unspecified atom stereocenters. The number of aromatic nitrogens is 2. The summed E-state index contributed by atoms with van der Waals surface area (Å²) in [5.41, 5.74) is 1.53. The van der Waals surface area contributed by atoms with Crippen LogP contribution in [0.4, 0.5) is 0 Å². The maximum Gasteiger partial charge on any atom is 0.254 e. The molecular weight excluding hydrogens is 232 g/mol. The first-order chi connectivity index (χ1) is 8.56. The number of nitrogens with zero attached hydrogens (tertiary/aromatic N) is 1. The third-order valence-corrected chi connectivity index (χ3v) is 2.69. The van der Waals surface area contributed by atoms with Crippen molar-refractivity contribution in [3.63, 3.8) is 0 Å². The molecule has 0 spiro atoms. The Balaban J connectivity index is 2.61. The molecule has 5 nitrogen and oxygen atoms in total. The molecule has 18 heavy (non-hydrogen) atoms. The van der Waals surface area contributed by atoms with Crippen LogP contribution in [0.25, 0.3) is 0 Å². The van der Waals surface area contributed by atoms with Crippen molar-refractivity contribution in [1.82, 2.24) is 9.97 Å². The first kappa shape index (κ1) is 14.9. The standard InChI is InChI=1S/C13H22N2O3/c1-9(2)12-10(3)14-11(15-13(12)16)5-6-18-8-7-17-4/h9H,5-8H2,1-4H3,(H,14,15,16). The van der Waals surface area contributed by atoms with Crippen molar-refractivity contribution in [3.05, 3.63) is 27.4 Å². The summed E-state index contributed by atoms with van der Waals surface area (Å²) in [4.78, 5) is 19.1. The van der Waals surface area contributed by atoms with Crippen LogP contribution in [0.1, 0.15) is 36.8 Å². The number of aromatic amines is 1. The number of methoxy groups -OCH3 is 1. The van der Waals surface area contributed by atoms with E-state index in [1.807, 2.05) is 20.8 Å². The van der Waals surface area contributed by atoms with Crippen LogP contribution in [0.5, 0.6) is 0 Å². The molecule has 0 aliphatic heterocycles. The van der Waals surface area contributed by atoms with Crippen molar-refractivity contribution in [3.8, 4) is 0 Å². The van der Waals surface area contributed by atoms with Gasteiger partial charge >= 0.3 is 0 Å². The highest BCUT2D eigenvalue weighted by molar-refractivity contribution is 5.20. The molecule has 102 valence electrons. The van der Waals surface area contributed by atoms with E-state index < -0.39 is 0 Å². The van der Waals surface area contributed by atoms with Crippen LogP contribution in [-0.2, 0) is 15.9 Å². The average Bonchev–Trinajstić information content (AvgIpc) is 2.27. The summed E-state index contributed by atoms with van der Waals surface area (Å²) in [5.74, 6) is 0.868. The maximum atomic E-state index is 11.9. The topological polar surface area (TPSA) is 64.2 Å². The minimum absolute atomic E-state index is 0.0376. The Morgan fingerprint density at radius 3 is 2.56 bits per heavy atom. The van der Waals surface area contributed by atoms with Gasteiger partial charge in [0.15, 0.2) is 0 Å². The Labute approximate surface area is 108 Å². The zero-order chi connectivity index (χ0) is 13.5. The Bertz CT molecular complexity index is 427. The largest absolute Gasteiger partial charge is 0.382 e. The predicted molar refractivity (Wildman–Crippen MR) is 70.1 cm³/mol. The Hall–Kier alpha value is -1.20. The van der Waals surface area contributed by atoms with E-state index >= 15 is 0 Å². The zero-order valence-corrected chi connectivity index (χ0v) is 11.6. The van der Waals surface area contributed by atoms with Gasteiger partial charge < -0.3 is 14.5 Å². The molecule has 0 radical (unpaired) electrons. The van der Waals surface area contributed by atoms with Crippen molar-refractivity contribution in [2.45, 2.75) is 33.1 Å². The first-order valence-electron chi connectivity index (χ1n) is 6.22. The van der Waals surface area contributed by atoms with E-state index in [2.05, 4.69) is 9.97 Å². The number of aryl methyl sites for hydroxylation is 1. The molecule has 5 heteroatoms. The normalized spacial score (nSPS) is 11.2. The fraction of sp³-hybridized carbons (Fsp3) is 0.692. The van der Waals surface area contributed by atoms with Crippen LogP contribution in [-0.4, -0.2) is 36.9 Å². The first-order valence-corrected chi connectivity index (χ1v) is 6.22. The predicted octanol–water partition coefficient (Wildman–Crippen LogP) is 1.41. The lowest BCUT2D eigenvalue weighted by molar-refractivity contribution is 0.0716. The summed E-state index contributed by atoms with van der Waals surface area (Å²) in [5, 5.41) is 0. The molecular formula is C13H22N2O3. The van der Waals surface area contributed by atoms with Gasteiger partial charge in [-0.3, -0.25) is 4.79 Å². The van der Waals surface area contributed by atoms with Crippen LogP contribution in [0.15, 0.2) is 4.79 Å². The SMILES string of the molecule is COCCOCCc1nc(C)c(C(C)C)c(=O)[nH]1. The van der Waals surface area contributed by atoms with Crippen LogP contribution in [0.2, 0.25) is 0 Å². The summed E-state index contributed by atoms with van der Waals surface area (Å²) in [6.07, 6.45) is 0.609. The van der Waals surface area contributed by atoms with Gasteiger partial charge in [-0.15, -0.1) is 0 Å². The van der Waals surface area contributed by atoms with Gasteiger partial charge in [0.1, 0.15) is 5.82 Å². The Morgan fingerprint density at radius 2 is 2.00 bits per heavy atom. The second-order valence-electron chi connectivity index (χ2n) is 4.52. The van der Waals surface area contributed by atoms with E-state index in [9.17, 15) is 4.79 Å². The van der Waals surface area contributed by atoms with E-state index in [4.69, 9.17) is 9.47 Å². The van der Waals surface area contributed by atoms with Crippen molar-refractivity contribution in [1.29, 1.82) is 0 Å². The molecule has 1 N–H and O–H groups in total. The van der Waals surface area contributed by atoms with Gasteiger partial charge in [0.25, 0.3) is 5.56 Å². The molecule has 0 saturated carbocycles. The molecule has 0 aliphatic carbocycles. The van der Waals surface area contributed by atoms with Crippen LogP contribution >= 0.6 is 0 Å². The fourth-order valence-corrected chi connectivity index (χ4v) is 1.86. The second kappa shape index (κ2) is 7.28. The highest BCUT2D eigenvalue weighted by atomic mass is 16.5. The van der Waals surface area contributed by atoms with Gasteiger partial charge in [-0.25, -0.2) is 4.98 Å². The van der Waals surface area contributed by atoms with Gasteiger partial charge in [-0.1, -0.05) is 13.8 Å². The number of rotatable bonds is 7. The molecule has 0 aromatic carbocycles. The molecule has 0 saturated heterocycles. The van der Waals surface area contributed by atoms with E-state index in [1.54, 1.807) is 7.11 Å². The van der Waals surface area contributed by atoms with Crippen LogP contribution in [0, 0.1) is 6.92 Å². The molecule has 0 fully saturated rings. The van der Waals surface area contributed by atoms with Crippen LogP contribution in [0.3, 0.4) is 0 Å². The van der Waals surface area contributed by atoms with E-state index in [-0.39, 0.29) is 11.5 Å². The fourth-order valence-electron chi connectivity index (χ4n) is 1.86. The maximum absolute atomic E-state index is 11.9. The summed E-state index contributed by atoms with van der Waals surface area (Å²) in [6.45, 7) is 7.53. The quantitative estimate of drug-likeness (QED) is 0.747. The number of H-pyrrole nitrogens is 1. The highest BCUT2D eigenvalue weighted by Gasteiger charge is 2.11. The number of hydrogen-bond donors (Lipinski definition) is 1. The lowest BCUT2D eigenvalue weighted by Crippen LogP contribution is -2.21. The van der Waals surface area contributed by atoms with E-state index in [0.717, 1.165) is 11.3 Å². The molecule has 0 amide bonds. The minimum atomic E-state index is -0.0376.